The fourth-order valence-corrected chi connectivity index (χ4v) is 6.44. The van der Waals surface area contributed by atoms with Crippen molar-refractivity contribution in [2.45, 2.75) is 31.6 Å². The van der Waals surface area contributed by atoms with E-state index in [1.54, 1.807) is 30.1 Å². The van der Waals surface area contributed by atoms with Crippen molar-refractivity contribution in [1.29, 1.82) is 0 Å². The quantitative estimate of drug-likeness (QED) is 0.115. The van der Waals surface area contributed by atoms with Crippen molar-refractivity contribution in [3.8, 4) is 16.9 Å². The summed E-state index contributed by atoms with van der Waals surface area (Å²) in [5, 5.41) is 27.7. The predicted molar refractivity (Wildman–Crippen MR) is 198 cm³/mol. The summed E-state index contributed by atoms with van der Waals surface area (Å²) in [5.41, 5.74) is 4.67. The molecule has 1 aliphatic rings. The Morgan fingerprint density at radius 1 is 0.961 bits per heavy atom. The highest BCUT2D eigenvalue weighted by Crippen LogP contribution is 2.29. The number of hydrogen-bond acceptors (Lipinski definition) is 8. The van der Waals surface area contributed by atoms with Gasteiger partial charge in [-0.05, 0) is 59.9 Å². The summed E-state index contributed by atoms with van der Waals surface area (Å²) in [7, 11) is 1.80. The average molecular weight is 690 g/mol. The fraction of sp³-hybridized carbons (Fsp3) is 0.275. The second kappa shape index (κ2) is 16.5. The number of anilines is 1. The molecule has 2 heterocycles. The molecule has 1 aliphatic heterocycles. The third-order valence-corrected chi connectivity index (χ3v) is 9.26. The number of carbonyl (C=O) groups excluding carboxylic acids is 2. The highest BCUT2D eigenvalue weighted by atomic mass is 16.6. The molecular weight excluding hydrogens is 646 g/mol. The van der Waals surface area contributed by atoms with Crippen LogP contribution in [0.25, 0.3) is 22.0 Å². The second-order valence-corrected chi connectivity index (χ2v) is 12.8. The van der Waals surface area contributed by atoms with Crippen LogP contribution in [0.15, 0.2) is 108 Å². The minimum Gasteiger partial charge on any atom is -0.506 e. The third-order valence-electron chi connectivity index (χ3n) is 9.26. The number of aliphatic hydroxyl groups excluding tert-OH is 1. The van der Waals surface area contributed by atoms with Gasteiger partial charge < -0.3 is 35.1 Å². The number of likely N-dealkylation sites (tertiary alicyclic amines) is 1. The van der Waals surface area contributed by atoms with E-state index in [4.69, 9.17) is 4.74 Å². The first-order chi connectivity index (χ1) is 24.7. The molecule has 51 heavy (non-hydrogen) atoms. The molecule has 5 N–H and O–H groups in total. The average Bonchev–Trinajstić information content (AvgIpc) is 3.15. The number of rotatable bonds is 12. The van der Waals surface area contributed by atoms with E-state index in [1.165, 1.54) is 12.1 Å². The lowest BCUT2D eigenvalue weighted by molar-refractivity contribution is 0.0540. The minimum atomic E-state index is -0.883. The molecule has 6 rings (SSSR count). The van der Waals surface area contributed by atoms with Crippen LogP contribution in [0.5, 0.6) is 5.75 Å². The van der Waals surface area contributed by atoms with Gasteiger partial charge in [0.05, 0.1) is 17.3 Å². The smallest absolute Gasteiger partial charge is 0.411 e. The molecule has 0 radical (unpaired) electrons. The van der Waals surface area contributed by atoms with Crippen LogP contribution in [0.3, 0.4) is 0 Å². The van der Waals surface area contributed by atoms with Gasteiger partial charge in [0, 0.05) is 68.9 Å². The predicted octanol–water partition coefficient (Wildman–Crippen LogP) is 5.51. The van der Waals surface area contributed by atoms with Crippen LogP contribution >= 0.6 is 0 Å². The van der Waals surface area contributed by atoms with Gasteiger partial charge >= 0.3 is 6.09 Å². The Hall–Kier alpha value is -5.49. The summed E-state index contributed by atoms with van der Waals surface area (Å²) in [4.78, 5) is 44.4. The molecule has 0 aliphatic carbocycles. The van der Waals surface area contributed by atoms with Gasteiger partial charge in [-0.2, -0.15) is 0 Å². The van der Waals surface area contributed by atoms with Crippen LogP contribution in [0.1, 0.15) is 40.4 Å². The monoisotopic (exact) mass is 689 g/mol. The summed E-state index contributed by atoms with van der Waals surface area (Å²) in [6, 6.07) is 31.0. The summed E-state index contributed by atoms with van der Waals surface area (Å²) >= 11 is 0. The Morgan fingerprint density at radius 3 is 2.53 bits per heavy atom. The van der Waals surface area contributed by atoms with Gasteiger partial charge in [0.15, 0.2) is 0 Å². The number of aromatic nitrogens is 1. The number of phenols is 1. The van der Waals surface area contributed by atoms with Gasteiger partial charge in [0.1, 0.15) is 11.9 Å². The first kappa shape index (κ1) is 35.3. The van der Waals surface area contributed by atoms with E-state index >= 15 is 0 Å². The van der Waals surface area contributed by atoms with Crippen molar-refractivity contribution in [3.05, 3.63) is 130 Å². The summed E-state index contributed by atoms with van der Waals surface area (Å²) in [6.45, 7) is 3.47. The molecule has 2 amide bonds. The number of hydrogen-bond donors (Lipinski definition) is 5. The number of piperidine rings is 1. The zero-order chi connectivity index (χ0) is 35.7. The number of likely N-dealkylation sites (N-methyl/N-ethyl adjacent to an activating group) is 1. The lowest BCUT2D eigenvalue weighted by atomic mass is 10.0. The van der Waals surface area contributed by atoms with Crippen molar-refractivity contribution in [2.24, 2.45) is 0 Å². The molecule has 4 aromatic carbocycles. The number of nitrogens with one attached hydrogen (secondary N) is 3. The number of aliphatic hydroxyl groups is 1. The molecule has 11 heteroatoms. The zero-order valence-electron chi connectivity index (χ0n) is 28.5. The summed E-state index contributed by atoms with van der Waals surface area (Å²) in [6.07, 6.45) is -0.0746. The maximum Gasteiger partial charge on any atom is 0.411 e. The van der Waals surface area contributed by atoms with E-state index in [2.05, 4.69) is 20.5 Å². The van der Waals surface area contributed by atoms with Crippen molar-refractivity contribution >= 4 is 28.6 Å². The standard InChI is InChI=1S/C40H43N5O6/c1-44(22-23-45-20-18-30(19-21-45)51-40(50)42-34-13-6-5-12-31(34)28-9-3-2-4-10-28)39(49)29-11-7-8-27(24-29)25-41-26-36(47)32-14-16-35(46)38-33(32)15-17-37(48)43-38/h2-17,24,30,36,41,46-47H,18-23,25-26H2,1H3,(H,42,50)(H,43,48)/t36-/m0/s1. The largest absolute Gasteiger partial charge is 0.506 e. The number of H-pyrrole nitrogens is 1. The molecule has 5 aromatic rings. The number of amides is 2. The maximum absolute atomic E-state index is 13.3. The number of aromatic hydroxyl groups is 1. The third kappa shape index (κ3) is 9.01. The second-order valence-electron chi connectivity index (χ2n) is 12.8. The molecule has 11 nitrogen and oxygen atoms in total. The van der Waals surface area contributed by atoms with Crippen LogP contribution in [0.4, 0.5) is 10.5 Å². The molecule has 0 saturated carbocycles. The van der Waals surface area contributed by atoms with Crippen LogP contribution in [-0.2, 0) is 11.3 Å². The first-order valence-corrected chi connectivity index (χ1v) is 17.2. The van der Waals surface area contributed by atoms with E-state index < -0.39 is 12.2 Å². The first-order valence-electron chi connectivity index (χ1n) is 17.2. The molecule has 1 aromatic heterocycles. The fourth-order valence-electron chi connectivity index (χ4n) is 6.44. The van der Waals surface area contributed by atoms with E-state index in [0.29, 0.717) is 41.8 Å². The lowest BCUT2D eigenvalue weighted by Crippen LogP contribution is -2.42. The van der Waals surface area contributed by atoms with Gasteiger partial charge in [-0.15, -0.1) is 0 Å². The number of carbonyl (C=O) groups is 2. The molecular formula is C40H43N5O6. The molecule has 264 valence electrons. The van der Waals surface area contributed by atoms with Crippen LogP contribution in [-0.4, -0.2) is 82.9 Å². The summed E-state index contributed by atoms with van der Waals surface area (Å²) < 4.78 is 5.77. The number of para-hydroxylation sites is 1. The minimum absolute atomic E-state index is 0.0593. The van der Waals surface area contributed by atoms with Gasteiger partial charge in [0.2, 0.25) is 5.56 Å². The zero-order valence-corrected chi connectivity index (χ0v) is 28.5. The lowest BCUT2D eigenvalue weighted by Gasteiger charge is -2.32. The number of pyridine rings is 1. The highest BCUT2D eigenvalue weighted by Gasteiger charge is 2.24. The number of aromatic amines is 1. The SMILES string of the molecule is CN(CCN1CCC(OC(=O)Nc2ccccc2-c2ccccc2)CC1)C(=O)c1cccc(CNC[C@H](O)c2ccc(O)c3[nH]c(=O)ccc23)c1. The number of fused-ring (bicyclic) bond motifs is 1. The van der Waals surface area contributed by atoms with E-state index in [-0.39, 0.29) is 35.4 Å². The normalized spacial score (nSPS) is 14.2. The number of nitrogens with zero attached hydrogens (tertiary/aromatic N) is 2. The number of benzene rings is 4. The van der Waals surface area contributed by atoms with Crippen LogP contribution in [0.2, 0.25) is 0 Å². The molecule has 1 atom stereocenters. The van der Waals surface area contributed by atoms with Gasteiger partial charge in [-0.3, -0.25) is 14.9 Å². The van der Waals surface area contributed by atoms with E-state index in [0.717, 1.165) is 42.6 Å². The molecule has 1 saturated heterocycles. The van der Waals surface area contributed by atoms with E-state index in [9.17, 15) is 24.6 Å². The number of ether oxygens (including phenoxy) is 1. The van der Waals surface area contributed by atoms with E-state index in [1.807, 2.05) is 72.8 Å². The summed E-state index contributed by atoms with van der Waals surface area (Å²) in [5.74, 6) is -0.136. The molecule has 0 spiro atoms. The topological polar surface area (TPSA) is 147 Å². The molecule has 0 bridgehead atoms. The van der Waals surface area contributed by atoms with Gasteiger partial charge in [-0.1, -0.05) is 66.7 Å². The van der Waals surface area contributed by atoms with Crippen molar-refractivity contribution < 1.29 is 24.5 Å². The van der Waals surface area contributed by atoms with Crippen molar-refractivity contribution in [3.63, 3.8) is 0 Å². The Kier molecular flexibility index (Phi) is 11.4. The van der Waals surface area contributed by atoms with Crippen molar-refractivity contribution in [1.82, 2.24) is 20.1 Å². The Morgan fingerprint density at radius 2 is 1.73 bits per heavy atom. The van der Waals surface area contributed by atoms with Gasteiger partial charge in [-0.25, -0.2) is 4.79 Å². The van der Waals surface area contributed by atoms with Crippen LogP contribution in [0, 0.1) is 0 Å². The Balaban J connectivity index is 0.930. The Labute approximate surface area is 296 Å². The highest BCUT2D eigenvalue weighted by molar-refractivity contribution is 5.94. The van der Waals surface area contributed by atoms with Gasteiger partial charge in [0.25, 0.3) is 5.91 Å². The van der Waals surface area contributed by atoms with Crippen molar-refractivity contribution in [2.75, 3.05) is 45.1 Å². The molecule has 0 unspecified atom stereocenters. The Bertz CT molecular complexity index is 2030. The number of phenolic OH excluding ortho intramolecular Hbond substituents is 1. The van der Waals surface area contributed by atoms with Crippen LogP contribution < -0.4 is 16.2 Å². The maximum atomic E-state index is 13.3. The molecule has 1 fully saturated rings.